The van der Waals surface area contributed by atoms with Gasteiger partial charge in [0.1, 0.15) is 12.2 Å². The van der Waals surface area contributed by atoms with Crippen LogP contribution in [0, 0.1) is 0 Å². The Kier molecular flexibility index (Phi) is 4.38. The van der Waals surface area contributed by atoms with Crippen molar-refractivity contribution in [2.45, 2.75) is 12.2 Å². The Bertz CT molecular complexity index is 468. The zero-order valence-corrected chi connectivity index (χ0v) is 9.15. The van der Waals surface area contributed by atoms with Crippen LogP contribution in [0.2, 0.25) is 0 Å². The van der Waals surface area contributed by atoms with E-state index in [4.69, 9.17) is 15.3 Å². The van der Waals surface area contributed by atoms with Crippen molar-refractivity contribution in [2.75, 3.05) is 6.61 Å². The van der Waals surface area contributed by atoms with Gasteiger partial charge < -0.3 is 25.5 Å². The maximum absolute atomic E-state index is 11.0. The van der Waals surface area contributed by atoms with Gasteiger partial charge in [0, 0.05) is 0 Å². The second-order valence-corrected chi connectivity index (χ2v) is 3.61. The molecule has 0 heterocycles. The van der Waals surface area contributed by atoms with Crippen LogP contribution in [0.25, 0.3) is 0 Å². The summed E-state index contributed by atoms with van der Waals surface area (Å²) < 4.78 is 0. The van der Waals surface area contributed by atoms with Crippen molar-refractivity contribution in [1.29, 1.82) is 0 Å². The molecule has 0 bridgehead atoms. The van der Waals surface area contributed by atoms with Crippen molar-refractivity contribution in [2.24, 2.45) is 0 Å². The number of aliphatic hydroxyl groups is 3. The van der Waals surface area contributed by atoms with E-state index in [2.05, 4.69) is 0 Å². The van der Waals surface area contributed by atoms with Gasteiger partial charge in [0.2, 0.25) is 0 Å². The molecule has 0 aliphatic heterocycles. The highest BCUT2D eigenvalue weighted by molar-refractivity contribution is 5.95. The van der Waals surface area contributed by atoms with Crippen LogP contribution in [0.5, 0.6) is 0 Å². The van der Waals surface area contributed by atoms with Gasteiger partial charge in [-0.05, 0) is 17.7 Å². The number of carbonyl (C=O) groups is 2. The van der Waals surface area contributed by atoms with E-state index in [-0.39, 0.29) is 11.1 Å². The molecule has 2 atom stereocenters. The summed E-state index contributed by atoms with van der Waals surface area (Å²) in [5.41, 5.74) is -0.842. The molecule has 2 unspecified atom stereocenters. The third-order valence-corrected chi connectivity index (χ3v) is 2.40. The van der Waals surface area contributed by atoms with Gasteiger partial charge in [-0.25, -0.2) is 9.59 Å². The molecule has 98 valence electrons. The van der Waals surface area contributed by atoms with Gasteiger partial charge in [0.25, 0.3) is 0 Å². The minimum absolute atomic E-state index is 0.158. The lowest BCUT2D eigenvalue weighted by Gasteiger charge is -2.18. The van der Waals surface area contributed by atoms with Gasteiger partial charge in [-0.1, -0.05) is 6.07 Å². The molecular weight excluding hydrogens is 244 g/mol. The van der Waals surface area contributed by atoms with Crippen LogP contribution in [0.1, 0.15) is 32.4 Å². The SMILES string of the molecule is O=C(O)c1ccc(C(O)C(O)CO)c(C(=O)O)c1. The highest BCUT2D eigenvalue weighted by Crippen LogP contribution is 2.22. The number of aromatic carboxylic acids is 2. The van der Waals surface area contributed by atoms with E-state index in [9.17, 15) is 19.8 Å². The number of benzene rings is 1. The minimum Gasteiger partial charge on any atom is -0.478 e. The summed E-state index contributed by atoms with van der Waals surface area (Å²) in [5, 5.41) is 45.2. The Hall–Kier alpha value is -1.96. The molecule has 0 aliphatic carbocycles. The first-order valence-electron chi connectivity index (χ1n) is 4.96. The summed E-state index contributed by atoms with van der Waals surface area (Å²) in [6.45, 7) is -0.749. The molecule has 7 nitrogen and oxygen atoms in total. The van der Waals surface area contributed by atoms with Crippen molar-refractivity contribution in [1.82, 2.24) is 0 Å². The molecule has 0 saturated heterocycles. The van der Waals surface area contributed by atoms with Crippen molar-refractivity contribution in [3.63, 3.8) is 0 Å². The van der Waals surface area contributed by atoms with E-state index in [1.165, 1.54) is 0 Å². The van der Waals surface area contributed by atoms with Crippen LogP contribution in [0.15, 0.2) is 18.2 Å². The lowest BCUT2D eigenvalue weighted by Crippen LogP contribution is -2.24. The van der Waals surface area contributed by atoms with Crippen molar-refractivity contribution >= 4 is 11.9 Å². The highest BCUT2D eigenvalue weighted by atomic mass is 16.4. The third-order valence-electron chi connectivity index (χ3n) is 2.40. The molecule has 0 aromatic heterocycles. The van der Waals surface area contributed by atoms with Gasteiger partial charge in [-0.3, -0.25) is 0 Å². The van der Waals surface area contributed by atoms with Gasteiger partial charge in [0.15, 0.2) is 0 Å². The van der Waals surface area contributed by atoms with Gasteiger partial charge >= 0.3 is 11.9 Å². The normalized spacial score (nSPS) is 13.9. The minimum atomic E-state index is -1.61. The number of aliphatic hydroxyl groups excluding tert-OH is 3. The molecule has 5 N–H and O–H groups in total. The summed E-state index contributed by atoms with van der Waals surface area (Å²) in [6.07, 6.45) is -3.15. The lowest BCUT2D eigenvalue weighted by atomic mass is 9.96. The second-order valence-electron chi connectivity index (χ2n) is 3.61. The van der Waals surface area contributed by atoms with Gasteiger partial charge in [0.05, 0.1) is 17.7 Å². The number of carboxylic acid groups (broad SMARTS) is 2. The Morgan fingerprint density at radius 1 is 1.11 bits per heavy atom. The second kappa shape index (κ2) is 5.58. The molecule has 1 aromatic carbocycles. The summed E-state index contributed by atoms with van der Waals surface area (Å²) in [6, 6.07) is 3.08. The summed E-state index contributed by atoms with van der Waals surface area (Å²) >= 11 is 0. The van der Waals surface area contributed by atoms with Crippen LogP contribution in [0.3, 0.4) is 0 Å². The monoisotopic (exact) mass is 256 g/mol. The lowest BCUT2D eigenvalue weighted by molar-refractivity contribution is -0.0158. The Balaban J connectivity index is 3.27. The molecule has 0 radical (unpaired) electrons. The smallest absolute Gasteiger partial charge is 0.336 e. The first-order valence-corrected chi connectivity index (χ1v) is 4.96. The maximum Gasteiger partial charge on any atom is 0.336 e. The zero-order chi connectivity index (χ0) is 13.9. The fourth-order valence-corrected chi connectivity index (χ4v) is 1.44. The standard InChI is InChI=1S/C11H12O7/c12-4-8(13)9(14)6-2-1-5(10(15)16)3-7(6)11(17)18/h1-3,8-9,12-14H,4H2,(H,15,16)(H,17,18). The molecule has 0 amide bonds. The molecule has 0 aliphatic rings. The molecule has 18 heavy (non-hydrogen) atoms. The number of carboxylic acids is 2. The molecule has 0 saturated carbocycles. The fraction of sp³-hybridized carbons (Fsp3) is 0.273. The van der Waals surface area contributed by atoms with Gasteiger partial charge in [-0.15, -0.1) is 0 Å². The molecule has 1 rings (SSSR count). The topological polar surface area (TPSA) is 135 Å². The largest absolute Gasteiger partial charge is 0.478 e. The predicted octanol–water partition coefficient (Wildman–Crippen LogP) is -0.530. The average molecular weight is 256 g/mol. The van der Waals surface area contributed by atoms with E-state index < -0.39 is 36.3 Å². The first-order chi connectivity index (χ1) is 8.38. The van der Waals surface area contributed by atoms with Crippen molar-refractivity contribution in [3.05, 3.63) is 34.9 Å². The summed E-state index contributed by atoms with van der Waals surface area (Å²) in [4.78, 5) is 21.7. The maximum atomic E-state index is 11.0. The molecule has 1 aromatic rings. The van der Waals surface area contributed by atoms with Crippen molar-refractivity contribution < 1.29 is 35.1 Å². The third kappa shape index (κ3) is 2.83. The van der Waals surface area contributed by atoms with Crippen molar-refractivity contribution in [3.8, 4) is 0 Å². The Labute approximate surface area is 102 Å². The molecular formula is C11H12O7. The van der Waals surface area contributed by atoms with E-state index in [0.29, 0.717) is 0 Å². The predicted molar refractivity (Wildman–Crippen MR) is 58.4 cm³/mol. The van der Waals surface area contributed by atoms with Crippen LogP contribution in [-0.2, 0) is 0 Å². The highest BCUT2D eigenvalue weighted by Gasteiger charge is 2.24. The summed E-state index contributed by atoms with van der Waals surface area (Å²) in [5.74, 6) is -2.74. The summed E-state index contributed by atoms with van der Waals surface area (Å²) in [7, 11) is 0. The van der Waals surface area contributed by atoms with Crippen LogP contribution in [-0.4, -0.2) is 50.2 Å². The first kappa shape index (κ1) is 14.1. The molecule has 0 fully saturated rings. The van der Waals surface area contributed by atoms with Crippen LogP contribution < -0.4 is 0 Å². The van der Waals surface area contributed by atoms with Crippen LogP contribution >= 0.6 is 0 Å². The van der Waals surface area contributed by atoms with E-state index >= 15 is 0 Å². The Morgan fingerprint density at radius 2 is 1.72 bits per heavy atom. The quantitative estimate of drug-likeness (QED) is 0.477. The van der Waals surface area contributed by atoms with E-state index in [0.717, 1.165) is 18.2 Å². The molecule has 7 heteroatoms. The zero-order valence-electron chi connectivity index (χ0n) is 9.15. The average Bonchev–Trinajstić information content (AvgIpc) is 2.35. The van der Waals surface area contributed by atoms with E-state index in [1.807, 2.05) is 0 Å². The molecule has 0 spiro atoms. The van der Waals surface area contributed by atoms with E-state index in [1.54, 1.807) is 0 Å². The number of rotatable bonds is 5. The fourth-order valence-electron chi connectivity index (χ4n) is 1.44. The van der Waals surface area contributed by atoms with Gasteiger partial charge in [-0.2, -0.15) is 0 Å². The van der Waals surface area contributed by atoms with Crippen LogP contribution in [0.4, 0.5) is 0 Å². The number of hydrogen-bond acceptors (Lipinski definition) is 5. The number of hydrogen-bond donors (Lipinski definition) is 5. The Morgan fingerprint density at radius 3 is 2.17 bits per heavy atom.